The number of thioether (sulfide) groups is 1. The molecule has 0 spiro atoms. The van der Waals surface area contributed by atoms with Crippen molar-refractivity contribution in [2.75, 3.05) is 12.4 Å². The maximum Gasteiger partial charge on any atom is 0.313 e. The van der Waals surface area contributed by atoms with E-state index >= 15 is 0 Å². The zero-order chi connectivity index (χ0) is 16.7. The summed E-state index contributed by atoms with van der Waals surface area (Å²) in [6, 6.07) is 7.65. The van der Waals surface area contributed by atoms with Crippen molar-refractivity contribution in [3.8, 4) is 17.2 Å². The van der Waals surface area contributed by atoms with Crippen molar-refractivity contribution >= 4 is 17.7 Å². The van der Waals surface area contributed by atoms with E-state index in [1.165, 1.54) is 11.8 Å². The van der Waals surface area contributed by atoms with Gasteiger partial charge in [0.15, 0.2) is 0 Å². The average molecular weight is 335 g/mol. The van der Waals surface area contributed by atoms with Gasteiger partial charge in [-0.2, -0.15) is 0 Å². The molecule has 2 aromatic rings. The first-order valence-electron chi connectivity index (χ1n) is 7.59. The lowest BCUT2D eigenvalue weighted by molar-refractivity contribution is -0.133. The molecule has 0 aliphatic rings. The number of rotatable bonds is 9. The molecule has 2 rings (SSSR count). The Labute approximate surface area is 140 Å². The van der Waals surface area contributed by atoms with Gasteiger partial charge < -0.3 is 14.3 Å². The maximum absolute atomic E-state index is 10.6. The Bertz CT molecular complexity index is 637. The molecule has 124 valence electrons. The summed E-state index contributed by atoms with van der Waals surface area (Å²) in [5.41, 5.74) is 1.67. The van der Waals surface area contributed by atoms with Gasteiger partial charge in [0.25, 0.3) is 0 Å². The number of aryl methyl sites for hydroxylation is 1. The lowest BCUT2D eigenvalue weighted by Crippen LogP contribution is -1.98. The van der Waals surface area contributed by atoms with Crippen molar-refractivity contribution in [2.24, 2.45) is 0 Å². The van der Waals surface area contributed by atoms with E-state index in [1.807, 2.05) is 31.2 Å². The van der Waals surface area contributed by atoms with Crippen molar-refractivity contribution in [3.05, 3.63) is 35.7 Å². The van der Waals surface area contributed by atoms with Gasteiger partial charge in [-0.25, -0.2) is 4.98 Å². The molecule has 0 amide bonds. The van der Waals surface area contributed by atoms with Crippen LogP contribution in [0, 0.1) is 6.92 Å². The molecule has 0 aliphatic heterocycles. The number of benzene rings is 1. The van der Waals surface area contributed by atoms with Gasteiger partial charge in [-0.3, -0.25) is 4.79 Å². The minimum absolute atomic E-state index is 0.0609. The van der Waals surface area contributed by atoms with Crippen LogP contribution in [0.25, 0.3) is 11.5 Å². The van der Waals surface area contributed by atoms with Crippen LogP contribution in [0.5, 0.6) is 5.75 Å². The Hall–Kier alpha value is -1.95. The molecule has 1 N–H and O–H groups in total. The first kappa shape index (κ1) is 17.4. The molecule has 0 aliphatic carbocycles. The van der Waals surface area contributed by atoms with Crippen LogP contribution in [0.2, 0.25) is 0 Å². The summed E-state index contributed by atoms with van der Waals surface area (Å²) in [5, 5.41) is 8.67. The lowest BCUT2D eigenvalue weighted by atomic mass is 10.2. The maximum atomic E-state index is 10.6. The lowest BCUT2D eigenvalue weighted by Gasteiger charge is -2.05. The van der Waals surface area contributed by atoms with E-state index in [9.17, 15) is 4.79 Å². The zero-order valence-electron chi connectivity index (χ0n) is 13.4. The third kappa shape index (κ3) is 5.32. The number of carboxylic acids is 1. The second kappa shape index (κ2) is 8.62. The molecule has 0 bridgehead atoms. The first-order valence-corrected chi connectivity index (χ1v) is 8.74. The van der Waals surface area contributed by atoms with Crippen LogP contribution in [-0.4, -0.2) is 28.4 Å². The number of unbranched alkanes of at least 4 members (excludes halogenated alkanes) is 1. The Balaban J connectivity index is 1.99. The molecule has 0 saturated carbocycles. The molecule has 6 heteroatoms. The smallest absolute Gasteiger partial charge is 0.313 e. The van der Waals surface area contributed by atoms with Gasteiger partial charge in [0.1, 0.15) is 11.5 Å². The van der Waals surface area contributed by atoms with Crippen molar-refractivity contribution in [2.45, 2.75) is 32.4 Å². The topological polar surface area (TPSA) is 72.6 Å². The summed E-state index contributed by atoms with van der Waals surface area (Å²) < 4.78 is 11.3. The summed E-state index contributed by atoms with van der Waals surface area (Å²) >= 11 is 1.31. The molecule has 0 unspecified atom stereocenters. The fraction of sp³-hybridized carbons (Fsp3) is 0.412. The first-order chi connectivity index (χ1) is 11.1. The molecule has 1 aromatic heterocycles. The van der Waals surface area contributed by atoms with Crippen molar-refractivity contribution in [3.63, 3.8) is 0 Å². The van der Waals surface area contributed by atoms with Crippen LogP contribution in [-0.2, 0) is 10.5 Å². The van der Waals surface area contributed by atoms with Gasteiger partial charge in [-0.05, 0) is 37.6 Å². The molecular weight excluding hydrogens is 314 g/mol. The number of hydrogen-bond acceptors (Lipinski definition) is 5. The number of ether oxygens (including phenoxy) is 1. The molecule has 1 heterocycles. The highest BCUT2D eigenvalue weighted by molar-refractivity contribution is 7.99. The Morgan fingerprint density at radius 3 is 2.74 bits per heavy atom. The van der Waals surface area contributed by atoms with Crippen LogP contribution in [0.1, 0.15) is 31.2 Å². The van der Waals surface area contributed by atoms with Crippen LogP contribution in [0.4, 0.5) is 0 Å². The van der Waals surface area contributed by atoms with Crippen molar-refractivity contribution < 1.29 is 19.1 Å². The highest BCUT2D eigenvalue weighted by Crippen LogP contribution is 2.26. The van der Waals surface area contributed by atoms with E-state index in [2.05, 4.69) is 11.9 Å². The molecule has 0 fully saturated rings. The summed E-state index contributed by atoms with van der Waals surface area (Å²) in [6.07, 6.45) is 2.15. The second-order valence-electron chi connectivity index (χ2n) is 5.13. The van der Waals surface area contributed by atoms with E-state index in [0.29, 0.717) is 11.6 Å². The molecule has 0 saturated heterocycles. The highest BCUT2D eigenvalue weighted by atomic mass is 32.2. The van der Waals surface area contributed by atoms with E-state index in [1.54, 1.807) is 0 Å². The third-order valence-electron chi connectivity index (χ3n) is 3.22. The highest BCUT2D eigenvalue weighted by Gasteiger charge is 2.12. The van der Waals surface area contributed by atoms with Gasteiger partial charge in [-0.1, -0.05) is 13.3 Å². The van der Waals surface area contributed by atoms with E-state index in [4.69, 9.17) is 14.3 Å². The predicted molar refractivity (Wildman–Crippen MR) is 90.9 cm³/mol. The SMILES string of the molecule is CCCCOc1ccc(-c2nc(CSCC(=O)O)c(C)o2)cc1. The minimum atomic E-state index is -0.824. The average Bonchev–Trinajstić information content (AvgIpc) is 2.89. The van der Waals surface area contributed by atoms with Gasteiger partial charge in [0.05, 0.1) is 18.1 Å². The van der Waals surface area contributed by atoms with Gasteiger partial charge in [0, 0.05) is 11.3 Å². The van der Waals surface area contributed by atoms with Crippen LogP contribution < -0.4 is 4.74 Å². The standard InChI is InChI=1S/C17H21NO4S/c1-3-4-9-21-14-7-5-13(6-8-14)17-18-15(12(2)22-17)10-23-11-16(19)20/h5-8H,3-4,9-11H2,1-2H3,(H,19,20). The van der Waals surface area contributed by atoms with Crippen molar-refractivity contribution in [1.82, 2.24) is 4.98 Å². The number of carboxylic acid groups (broad SMARTS) is 1. The van der Waals surface area contributed by atoms with Gasteiger partial charge in [0.2, 0.25) is 5.89 Å². The number of aromatic nitrogens is 1. The van der Waals surface area contributed by atoms with Crippen LogP contribution in [0.3, 0.4) is 0 Å². The fourth-order valence-corrected chi connectivity index (χ4v) is 2.69. The summed E-state index contributed by atoms with van der Waals surface area (Å²) in [7, 11) is 0. The molecule has 23 heavy (non-hydrogen) atoms. The van der Waals surface area contributed by atoms with Crippen molar-refractivity contribution in [1.29, 1.82) is 0 Å². The molecule has 0 radical (unpaired) electrons. The monoisotopic (exact) mass is 335 g/mol. The Kier molecular flexibility index (Phi) is 6.52. The minimum Gasteiger partial charge on any atom is -0.494 e. The van der Waals surface area contributed by atoms with E-state index in [0.717, 1.165) is 42.2 Å². The van der Waals surface area contributed by atoms with Gasteiger partial charge in [-0.15, -0.1) is 11.8 Å². The number of oxazole rings is 1. The number of aliphatic carboxylic acids is 1. The normalized spacial score (nSPS) is 10.7. The molecule has 0 atom stereocenters. The molecule has 1 aromatic carbocycles. The van der Waals surface area contributed by atoms with Gasteiger partial charge >= 0.3 is 5.97 Å². The Morgan fingerprint density at radius 1 is 1.35 bits per heavy atom. The van der Waals surface area contributed by atoms with Crippen LogP contribution in [0.15, 0.2) is 28.7 Å². The second-order valence-corrected chi connectivity index (χ2v) is 6.12. The number of hydrogen-bond donors (Lipinski definition) is 1. The quantitative estimate of drug-likeness (QED) is 0.694. The van der Waals surface area contributed by atoms with Crippen LogP contribution >= 0.6 is 11.8 Å². The zero-order valence-corrected chi connectivity index (χ0v) is 14.2. The van der Waals surface area contributed by atoms with E-state index < -0.39 is 5.97 Å². The summed E-state index contributed by atoms with van der Waals surface area (Å²) in [4.78, 5) is 15.0. The third-order valence-corrected chi connectivity index (χ3v) is 4.15. The number of carbonyl (C=O) groups is 1. The Morgan fingerprint density at radius 2 is 2.09 bits per heavy atom. The summed E-state index contributed by atoms with van der Waals surface area (Å²) in [6.45, 7) is 4.69. The molecule has 5 nitrogen and oxygen atoms in total. The number of nitrogens with zero attached hydrogens (tertiary/aromatic N) is 1. The van der Waals surface area contributed by atoms with E-state index in [-0.39, 0.29) is 5.75 Å². The fourth-order valence-electron chi connectivity index (χ4n) is 1.95. The largest absolute Gasteiger partial charge is 0.494 e. The molecular formula is C17H21NO4S. The predicted octanol–water partition coefficient (Wildman–Crippen LogP) is 4.15. The summed E-state index contributed by atoms with van der Waals surface area (Å²) in [5.74, 6) is 1.87.